The van der Waals surface area contributed by atoms with E-state index in [-0.39, 0.29) is 18.4 Å². The van der Waals surface area contributed by atoms with E-state index in [1.807, 2.05) is 6.07 Å². The van der Waals surface area contributed by atoms with E-state index in [1.54, 1.807) is 37.3 Å². The highest BCUT2D eigenvalue weighted by Gasteiger charge is 2.72. The summed E-state index contributed by atoms with van der Waals surface area (Å²) >= 11 is 3.35. The number of carbonyl (C=O) groups excluding carboxylic acids is 2. The Bertz CT molecular complexity index is 733. The van der Waals surface area contributed by atoms with Crippen molar-refractivity contribution in [1.82, 2.24) is 0 Å². The average molecular weight is 364 g/mol. The van der Waals surface area contributed by atoms with Gasteiger partial charge in [-0.05, 0) is 25.1 Å². The van der Waals surface area contributed by atoms with Crippen molar-refractivity contribution in [2.24, 2.45) is 11.8 Å². The van der Waals surface area contributed by atoms with E-state index in [0.717, 1.165) is 4.47 Å². The third-order valence-electron chi connectivity index (χ3n) is 4.87. The number of nitrogens with zero attached hydrogens (tertiary/aromatic N) is 1. The van der Waals surface area contributed by atoms with E-state index in [1.165, 1.54) is 4.90 Å². The first kappa shape index (κ1) is 14.1. The molecule has 0 saturated carbocycles. The molecule has 0 radical (unpaired) electrons. The van der Waals surface area contributed by atoms with Crippen LogP contribution in [0, 0.1) is 11.8 Å². The van der Waals surface area contributed by atoms with Crippen molar-refractivity contribution < 1.29 is 19.4 Å². The van der Waals surface area contributed by atoms with Gasteiger partial charge in [0.25, 0.3) is 0 Å². The number of fused-ring (bicyclic) bond motifs is 5. The van der Waals surface area contributed by atoms with Crippen LogP contribution in [0.3, 0.4) is 0 Å². The summed E-state index contributed by atoms with van der Waals surface area (Å²) in [5.74, 6) is -1.83. The number of hydrogen-bond donors (Lipinski definition) is 1. The minimum absolute atomic E-state index is 0.268. The molecule has 4 atom stereocenters. The van der Waals surface area contributed by atoms with Crippen LogP contribution in [0.1, 0.15) is 6.92 Å². The summed E-state index contributed by atoms with van der Waals surface area (Å²) in [6, 6.07) is 7.08. The first-order chi connectivity index (χ1) is 10.4. The van der Waals surface area contributed by atoms with Gasteiger partial charge in [0.05, 0.1) is 29.7 Å². The standard InChI is InChI=1S/C16H14BrNO4/c1-15-5-6-16(8-19,22-15)12-11(15)13(20)18(14(12)21)10-4-2-3-9(17)7-10/h2-7,11-12,19H,8H2,1H3/t11-,12-,15-,16+/m1/s1. The molecule has 4 rings (SSSR count). The van der Waals surface area contributed by atoms with Crippen molar-refractivity contribution in [3.8, 4) is 0 Å². The Labute approximate surface area is 135 Å². The van der Waals surface area contributed by atoms with Crippen molar-refractivity contribution in [2.45, 2.75) is 18.1 Å². The molecule has 1 aromatic carbocycles. The maximum absolute atomic E-state index is 12.9. The minimum Gasteiger partial charge on any atom is -0.393 e. The van der Waals surface area contributed by atoms with Crippen LogP contribution >= 0.6 is 15.9 Å². The number of halogens is 1. The lowest BCUT2D eigenvalue weighted by molar-refractivity contribution is -0.131. The molecule has 6 heteroatoms. The van der Waals surface area contributed by atoms with Gasteiger partial charge in [-0.1, -0.05) is 34.1 Å². The Hall–Kier alpha value is -1.50. The highest BCUT2D eigenvalue weighted by atomic mass is 79.9. The number of rotatable bonds is 2. The molecule has 1 N–H and O–H groups in total. The molecule has 2 bridgehead atoms. The summed E-state index contributed by atoms with van der Waals surface area (Å²) in [5.41, 5.74) is -1.37. The molecule has 0 spiro atoms. The zero-order valence-corrected chi connectivity index (χ0v) is 13.4. The van der Waals surface area contributed by atoms with Crippen LogP contribution in [-0.2, 0) is 14.3 Å². The third-order valence-corrected chi connectivity index (χ3v) is 5.36. The molecule has 0 unspecified atom stereocenters. The summed E-state index contributed by atoms with van der Waals surface area (Å²) in [6.07, 6.45) is 3.52. The second kappa shape index (κ2) is 4.28. The number of carbonyl (C=O) groups is 2. The van der Waals surface area contributed by atoms with E-state index in [9.17, 15) is 14.7 Å². The quantitative estimate of drug-likeness (QED) is 0.640. The van der Waals surface area contributed by atoms with Crippen LogP contribution in [0.25, 0.3) is 0 Å². The summed E-state index contributed by atoms with van der Waals surface area (Å²) in [7, 11) is 0. The van der Waals surface area contributed by atoms with Crippen LogP contribution in [0.4, 0.5) is 5.69 Å². The van der Waals surface area contributed by atoms with Gasteiger partial charge in [0.1, 0.15) is 5.60 Å². The molecule has 0 aromatic heterocycles. The molecule has 3 aliphatic heterocycles. The van der Waals surface area contributed by atoms with Gasteiger partial charge in [-0.2, -0.15) is 0 Å². The summed E-state index contributed by atoms with van der Waals surface area (Å²) < 4.78 is 6.67. The first-order valence-corrected chi connectivity index (χ1v) is 7.86. The number of imide groups is 1. The monoisotopic (exact) mass is 363 g/mol. The fourth-order valence-corrected chi connectivity index (χ4v) is 4.30. The van der Waals surface area contributed by atoms with Crippen LogP contribution in [0.15, 0.2) is 40.9 Å². The molecule has 3 aliphatic rings. The smallest absolute Gasteiger partial charge is 0.241 e. The third kappa shape index (κ3) is 1.55. The van der Waals surface area contributed by atoms with E-state index in [0.29, 0.717) is 5.69 Å². The minimum atomic E-state index is -1.08. The number of hydrogen-bond acceptors (Lipinski definition) is 4. The van der Waals surface area contributed by atoms with E-state index < -0.39 is 23.0 Å². The Morgan fingerprint density at radius 3 is 2.68 bits per heavy atom. The van der Waals surface area contributed by atoms with E-state index >= 15 is 0 Å². The van der Waals surface area contributed by atoms with Gasteiger partial charge in [-0.15, -0.1) is 0 Å². The number of benzene rings is 1. The SMILES string of the molecule is C[C@]12C=C[C@@](CO)(O1)[C@H]1C(=O)N(c3cccc(Br)c3)C(=O)[C@@H]12. The topological polar surface area (TPSA) is 66.8 Å². The van der Waals surface area contributed by atoms with Crippen LogP contribution < -0.4 is 4.90 Å². The number of aliphatic hydroxyl groups is 1. The largest absolute Gasteiger partial charge is 0.393 e. The summed E-state index contributed by atoms with van der Waals surface area (Å²) in [4.78, 5) is 26.9. The van der Waals surface area contributed by atoms with E-state index in [4.69, 9.17) is 4.74 Å². The molecule has 2 fully saturated rings. The van der Waals surface area contributed by atoms with Gasteiger partial charge in [0.2, 0.25) is 11.8 Å². The number of aliphatic hydroxyl groups excluding tert-OH is 1. The normalized spacial score (nSPS) is 39.0. The molecule has 22 heavy (non-hydrogen) atoms. The van der Waals surface area contributed by atoms with Gasteiger partial charge in [0.15, 0.2) is 0 Å². The Balaban J connectivity index is 1.82. The van der Waals surface area contributed by atoms with Gasteiger partial charge in [0, 0.05) is 4.47 Å². The van der Waals surface area contributed by atoms with Crippen molar-refractivity contribution in [2.75, 3.05) is 11.5 Å². The second-order valence-corrected chi connectivity index (χ2v) is 7.10. The summed E-state index contributed by atoms with van der Waals surface area (Å²) in [6.45, 7) is 1.48. The lowest BCUT2D eigenvalue weighted by atomic mass is 9.73. The van der Waals surface area contributed by atoms with Crippen LogP contribution in [0.2, 0.25) is 0 Å². The maximum Gasteiger partial charge on any atom is 0.241 e. The van der Waals surface area contributed by atoms with Gasteiger partial charge in [-0.3, -0.25) is 9.59 Å². The number of amides is 2. The molecule has 5 nitrogen and oxygen atoms in total. The number of anilines is 1. The molecular weight excluding hydrogens is 350 g/mol. The van der Waals surface area contributed by atoms with E-state index in [2.05, 4.69) is 15.9 Å². The fraction of sp³-hybridized carbons (Fsp3) is 0.375. The van der Waals surface area contributed by atoms with Crippen molar-refractivity contribution in [3.63, 3.8) is 0 Å². The highest BCUT2D eigenvalue weighted by molar-refractivity contribution is 9.10. The van der Waals surface area contributed by atoms with Gasteiger partial charge >= 0.3 is 0 Å². The molecule has 3 heterocycles. The molecule has 0 aliphatic carbocycles. The first-order valence-electron chi connectivity index (χ1n) is 7.07. The number of ether oxygens (including phenoxy) is 1. The molecular formula is C16H14BrNO4. The van der Waals surface area contributed by atoms with Gasteiger partial charge < -0.3 is 9.84 Å². The predicted molar refractivity (Wildman–Crippen MR) is 82.1 cm³/mol. The average Bonchev–Trinajstić information content (AvgIpc) is 3.05. The predicted octanol–water partition coefficient (Wildman–Crippen LogP) is 1.64. The van der Waals surface area contributed by atoms with Crippen LogP contribution in [0.5, 0.6) is 0 Å². The van der Waals surface area contributed by atoms with Crippen LogP contribution in [-0.4, -0.2) is 34.7 Å². The molecule has 2 amide bonds. The van der Waals surface area contributed by atoms with Crippen molar-refractivity contribution >= 4 is 33.4 Å². The maximum atomic E-state index is 12.9. The fourth-order valence-electron chi connectivity index (χ4n) is 3.91. The Morgan fingerprint density at radius 2 is 2.00 bits per heavy atom. The lowest BCUT2D eigenvalue weighted by Gasteiger charge is -2.27. The molecule has 1 aromatic rings. The van der Waals surface area contributed by atoms with Gasteiger partial charge in [-0.25, -0.2) is 4.90 Å². The highest BCUT2D eigenvalue weighted by Crippen LogP contribution is 2.57. The Morgan fingerprint density at radius 1 is 1.27 bits per heavy atom. The van der Waals surface area contributed by atoms with Crippen molar-refractivity contribution in [3.05, 3.63) is 40.9 Å². The molecule has 114 valence electrons. The molecule has 2 saturated heterocycles. The second-order valence-electron chi connectivity index (χ2n) is 6.18. The van der Waals surface area contributed by atoms with Crippen molar-refractivity contribution in [1.29, 1.82) is 0 Å². The lowest BCUT2D eigenvalue weighted by Crippen LogP contribution is -2.43. The zero-order chi connectivity index (χ0) is 15.7. The summed E-state index contributed by atoms with van der Waals surface area (Å²) in [5, 5.41) is 9.74. The zero-order valence-electron chi connectivity index (χ0n) is 11.8. The Kier molecular flexibility index (Phi) is 2.74.